The van der Waals surface area contributed by atoms with Crippen LogP contribution in [0, 0.1) is 5.92 Å². The summed E-state index contributed by atoms with van der Waals surface area (Å²) in [6, 6.07) is 0. The van der Waals surface area contributed by atoms with Crippen LogP contribution in [0.4, 0.5) is 0 Å². The quantitative estimate of drug-likeness (QED) is 0.422. The van der Waals surface area contributed by atoms with Crippen LogP contribution in [0.5, 0.6) is 0 Å². The maximum Gasteiger partial charge on any atom is -0.0417 e. The molecule has 0 aromatic heterocycles. The van der Waals surface area contributed by atoms with Crippen LogP contribution in [0.25, 0.3) is 0 Å². The van der Waals surface area contributed by atoms with E-state index in [0.717, 1.165) is 5.92 Å². The summed E-state index contributed by atoms with van der Waals surface area (Å²) in [6.45, 7) is 11.3. The van der Waals surface area contributed by atoms with Crippen molar-refractivity contribution < 1.29 is 0 Å². The third-order valence-electron chi connectivity index (χ3n) is 2.93. The van der Waals surface area contributed by atoms with E-state index in [1.807, 2.05) is 0 Å². The van der Waals surface area contributed by atoms with Crippen molar-refractivity contribution in [2.45, 2.75) is 92.4 Å². The van der Waals surface area contributed by atoms with Gasteiger partial charge in [-0.2, -0.15) is 0 Å². The van der Waals surface area contributed by atoms with Crippen LogP contribution in [0.15, 0.2) is 0 Å². The van der Waals surface area contributed by atoms with Gasteiger partial charge in [-0.25, -0.2) is 0 Å². The predicted octanol–water partition coefficient (Wildman–Crippen LogP) is 6.20. The molecule has 0 aromatic rings. The van der Waals surface area contributed by atoms with Gasteiger partial charge in [-0.3, -0.25) is 0 Å². The van der Waals surface area contributed by atoms with Gasteiger partial charge in [0.1, 0.15) is 0 Å². The Morgan fingerprint density at radius 1 is 0.600 bits per heavy atom. The smallest absolute Gasteiger partial charge is 0.0417 e. The molecule has 0 N–H and O–H groups in total. The molecule has 0 aromatic carbocycles. The molecule has 0 saturated heterocycles. The van der Waals surface area contributed by atoms with Crippen LogP contribution in [-0.4, -0.2) is 0 Å². The summed E-state index contributed by atoms with van der Waals surface area (Å²) < 4.78 is 0. The van der Waals surface area contributed by atoms with Crippen molar-refractivity contribution in [3.05, 3.63) is 0 Å². The van der Waals surface area contributed by atoms with E-state index in [1.165, 1.54) is 57.8 Å². The molecule has 0 atom stereocenters. The van der Waals surface area contributed by atoms with E-state index in [2.05, 4.69) is 34.6 Å². The summed E-state index contributed by atoms with van der Waals surface area (Å²) in [5.41, 5.74) is 0. The summed E-state index contributed by atoms with van der Waals surface area (Å²) in [5.74, 6) is 1.01. The Morgan fingerprint density at radius 2 is 1.00 bits per heavy atom. The lowest BCUT2D eigenvalue weighted by Gasteiger charge is -2.10. The van der Waals surface area contributed by atoms with Gasteiger partial charge in [0.2, 0.25) is 0 Å². The molecule has 15 heavy (non-hydrogen) atoms. The first kappa shape index (κ1) is 17.4. The molecule has 0 heterocycles. The molecule has 0 aliphatic carbocycles. The second-order valence-corrected chi connectivity index (χ2v) is 4.56. The van der Waals surface area contributed by atoms with E-state index in [1.54, 1.807) is 0 Å². The molecule has 94 valence electrons. The van der Waals surface area contributed by atoms with Gasteiger partial charge >= 0.3 is 0 Å². The highest BCUT2D eigenvalue weighted by atomic mass is 14.1. The fourth-order valence-electron chi connectivity index (χ4n) is 1.87. The van der Waals surface area contributed by atoms with Crippen molar-refractivity contribution in [3.8, 4) is 0 Å². The standard InChI is InChI=1S/C9H20.C6H14/c1-4-7-9(6-3)8-5-2;1-3-5-6-4-2/h9H,4-8H2,1-3H3;3-6H2,1-2H3. The summed E-state index contributed by atoms with van der Waals surface area (Å²) in [4.78, 5) is 0. The molecule has 0 aliphatic rings. The molecule has 0 unspecified atom stereocenters. The highest BCUT2D eigenvalue weighted by molar-refractivity contribution is 4.54. The maximum atomic E-state index is 2.30. The van der Waals surface area contributed by atoms with Crippen molar-refractivity contribution in [1.82, 2.24) is 0 Å². The zero-order chi connectivity index (χ0) is 11.9. The van der Waals surface area contributed by atoms with Crippen molar-refractivity contribution >= 4 is 0 Å². The first-order valence-corrected chi connectivity index (χ1v) is 7.26. The summed E-state index contributed by atoms with van der Waals surface area (Å²) in [5, 5.41) is 0. The molecule has 0 fully saturated rings. The Bertz CT molecular complexity index is 76.0. The van der Waals surface area contributed by atoms with Gasteiger partial charge < -0.3 is 0 Å². The number of hydrogen-bond donors (Lipinski definition) is 0. The Morgan fingerprint density at radius 3 is 1.20 bits per heavy atom. The monoisotopic (exact) mass is 214 g/mol. The van der Waals surface area contributed by atoms with Crippen molar-refractivity contribution in [2.24, 2.45) is 5.92 Å². The molecule has 0 bridgehead atoms. The molecule has 0 amide bonds. The average molecular weight is 214 g/mol. The fourth-order valence-corrected chi connectivity index (χ4v) is 1.87. The lowest BCUT2D eigenvalue weighted by Crippen LogP contribution is -1.96. The molecule has 0 saturated carbocycles. The molecule has 0 aliphatic heterocycles. The Hall–Kier alpha value is 0. The maximum absolute atomic E-state index is 2.30. The van der Waals surface area contributed by atoms with Gasteiger partial charge in [-0.15, -0.1) is 0 Å². The van der Waals surface area contributed by atoms with E-state index < -0.39 is 0 Å². The average Bonchev–Trinajstić information content (AvgIpc) is 2.27. The van der Waals surface area contributed by atoms with Crippen molar-refractivity contribution in [3.63, 3.8) is 0 Å². The van der Waals surface area contributed by atoms with Crippen LogP contribution in [-0.2, 0) is 0 Å². The summed E-state index contributed by atoms with van der Waals surface area (Å²) >= 11 is 0. The van der Waals surface area contributed by atoms with E-state index in [0.29, 0.717) is 0 Å². The van der Waals surface area contributed by atoms with E-state index >= 15 is 0 Å². The predicted molar refractivity (Wildman–Crippen MR) is 73.4 cm³/mol. The first-order valence-electron chi connectivity index (χ1n) is 7.26. The molecular weight excluding hydrogens is 180 g/mol. The van der Waals surface area contributed by atoms with Crippen LogP contribution in [0.3, 0.4) is 0 Å². The minimum atomic E-state index is 1.01. The Balaban J connectivity index is 0. The summed E-state index contributed by atoms with van der Waals surface area (Å²) in [7, 11) is 0. The topological polar surface area (TPSA) is 0 Å². The first-order chi connectivity index (χ1) is 7.26. The third kappa shape index (κ3) is 16.7. The molecular formula is C15H34. The molecule has 0 nitrogen and oxygen atoms in total. The normalized spacial score (nSPS) is 10.0. The fraction of sp³-hybridized carbons (Fsp3) is 1.00. The molecule has 0 spiro atoms. The largest absolute Gasteiger partial charge is 0.0654 e. The van der Waals surface area contributed by atoms with Gasteiger partial charge in [0.25, 0.3) is 0 Å². The Labute approximate surface area is 98.9 Å². The molecule has 0 rings (SSSR count). The lowest BCUT2D eigenvalue weighted by atomic mass is 9.96. The van der Waals surface area contributed by atoms with Gasteiger partial charge in [0, 0.05) is 0 Å². The van der Waals surface area contributed by atoms with Crippen LogP contribution in [0.2, 0.25) is 0 Å². The van der Waals surface area contributed by atoms with Crippen LogP contribution in [0.1, 0.15) is 92.4 Å². The van der Waals surface area contributed by atoms with E-state index in [-0.39, 0.29) is 0 Å². The molecule has 0 heteroatoms. The van der Waals surface area contributed by atoms with Gasteiger partial charge in [0.05, 0.1) is 0 Å². The summed E-state index contributed by atoms with van der Waals surface area (Å²) in [6.07, 6.45) is 12.5. The highest BCUT2D eigenvalue weighted by Gasteiger charge is 2.01. The lowest BCUT2D eigenvalue weighted by molar-refractivity contribution is 0.427. The van der Waals surface area contributed by atoms with Gasteiger partial charge in [-0.1, -0.05) is 92.4 Å². The third-order valence-corrected chi connectivity index (χ3v) is 2.93. The van der Waals surface area contributed by atoms with Crippen molar-refractivity contribution in [1.29, 1.82) is 0 Å². The number of rotatable bonds is 8. The molecule has 0 radical (unpaired) electrons. The zero-order valence-corrected chi connectivity index (χ0v) is 11.9. The zero-order valence-electron chi connectivity index (χ0n) is 11.9. The van der Waals surface area contributed by atoms with E-state index in [9.17, 15) is 0 Å². The van der Waals surface area contributed by atoms with Gasteiger partial charge in [-0.05, 0) is 5.92 Å². The Kier molecular flexibility index (Phi) is 19.1. The second kappa shape index (κ2) is 16.4. The minimum absolute atomic E-state index is 1.01. The van der Waals surface area contributed by atoms with Crippen molar-refractivity contribution in [2.75, 3.05) is 0 Å². The van der Waals surface area contributed by atoms with Gasteiger partial charge in [0.15, 0.2) is 0 Å². The minimum Gasteiger partial charge on any atom is -0.0654 e. The highest BCUT2D eigenvalue weighted by Crippen LogP contribution is 2.16. The van der Waals surface area contributed by atoms with Crippen LogP contribution < -0.4 is 0 Å². The second-order valence-electron chi connectivity index (χ2n) is 4.56. The van der Waals surface area contributed by atoms with E-state index in [4.69, 9.17) is 0 Å². The number of unbranched alkanes of at least 4 members (excludes halogenated alkanes) is 3. The SMILES string of the molecule is CCCC(CC)CCC.CCCCCC. The van der Waals surface area contributed by atoms with Crippen LogP contribution >= 0.6 is 0 Å². The number of hydrogen-bond acceptors (Lipinski definition) is 0.